The Bertz CT molecular complexity index is 447. The highest BCUT2D eigenvalue weighted by atomic mass is 32.2. The molecule has 1 aliphatic carbocycles. The van der Waals surface area contributed by atoms with Crippen molar-refractivity contribution in [3.8, 4) is 0 Å². The average Bonchev–Trinajstić information content (AvgIpc) is 3.21. The molecule has 0 aromatic heterocycles. The quantitative estimate of drug-likeness (QED) is 0.828. The molecule has 2 aliphatic rings. The number of benzene rings is 1. The maximum atomic E-state index is 12.7. The van der Waals surface area contributed by atoms with Gasteiger partial charge in [-0.2, -0.15) is 11.8 Å². The second-order valence-corrected chi connectivity index (χ2v) is 6.33. The Labute approximate surface area is 112 Å². The number of hydrogen-bond donors (Lipinski definition) is 1. The van der Waals surface area contributed by atoms with Crippen LogP contribution in [0.2, 0.25) is 0 Å². The Morgan fingerprint density at radius 3 is 2.33 bits per heavy atom. The van der Waals surface area contributed by atoms with Crippen LogP contribution in [0, 0.1) is 0 Å². The van der Waals surface area contributed by atoms with Crippen LogP contribution in [-0.4, -0.2) is 35.4 Å². The topological polar surface area (TPSA) is 46.3 Å². The van der Waals surface area contributed by atoms with E-state index in [2.05, 4.69) is 0 Å². The van der Waals surface area contributed by atoms with Gasteiger partial charge >= 0.3 is 0 Å². The number of amides is 1. The monoisotopic (exact) mass is 262 g/mol. The van der Waals surface area contributed by atoms with Crippen molar-refractivity contribution < 1.29 is 4.79 Å². The molecule has 3 rings (SSSR count). The predicted molar refractivity (Wildman–Crippen MR) is 75.7 cm³/mol. The molecule has 2 fully saturated rings. The van der Waals surface area contributed by atoms with E-state index in [1.54, 1.807) is 0 Å². The van der Waals surface area contributed by atoms with Crippen LogP contribution in [0.4, 0.5) is 5.69 Å². The Balaban J connectivity index is 1.81. The molecule has 96 valence electrons. The summed E-state index contributed by atoms with van der Waals surface area (Å²) in [5.74, 6) is 2.47. The van der Waals surface area contributed by atoms with Crippen molar-refractivity contribution in [1.82, 2.24) is 4.90 Å². The fourth-order valence-corrected chi connectivity index (χ4v) is 3.53. The Morgan fingerprint density at radius 2 is 1.78 bits per heavy atom. The maximum Gasteiger partial charge on any atom is 0.233 e. The molecule has 0 spiro atoms. The van der Waals surface area contributed by atoms with E-state index in [9.17, 15) is 4.79 Å². The molecule has 1 saturated carbocycles. The van der Waals surface area contributed by atoms with E-state index in [-0.39, 0.29) is 5.41 Å². The highest BCUT2D eigenvalue weighted by molar-refractivity contribution is 7.99. The first-order valence-corrected chi connectivity index (χ1v) is 7.61. The largest absolute Gasteiger partial charge is 0.399 e. The fourth-order valence-electron chi connectivity index (χ4n) is 2.62. The molecule has 2 N–H and O–H groups in total. The number of hydrogen-bond acceptors (Lipinski definition) is 3. The third kappa shape index (κ3) is 1.99. The summed E-state index contributed by atoms with van der Waals surface area (Å²) in [6, 6.07) is 7.82. The van der Waals surface area contributed by atoms with Gasteiger partial charge in [-0.1, -0.05) is 12.1 Å². The van der Waals surface area contributed by atoms with Gasteiger partial charge in [-0.05, 0) is 30.5 Å². The molecular weight excluding hydrogens is 244 g/mol. The molecule has 0 bridgehead atoms. The van der Waals surface area contributed by atoms with Crippen molar-refractivity contribution in [2.24, 2.45) is 0 Å². The van der Waals surface area contributed by atoms with E-state index < -0.39 is 0 Å². The van der Waals surface area contributed by atoms with Crippen LogP contribution in [0.3, 0.4) is 0 Å². The van der Waals surface area contributed by atoms with Crippen LogP contribution in [-0.2, 0) is 10.2 Å². The summed E-state index contributed by atoms with van der Waals surface area (Å²) in [6.07, 6.45) is 1.97. The van der Waals surface area contributed by atoms with Crippen molar-refractivity contribution in [3.63, 3.8) is 0 Å². The SMILES string of the molecule is Nc1ccc(C2(C(=O)N3CCSCC3)CC2)cc1. The number of anilines is 1. The lowest BCUT2D eigenvalue weighted by molar-refractivity contribution is -0.133. The van der Waals surface area contributed by atoms with Gasteiger partial charge < -0.3 is 10.6 Å². The zero-order valence-corrected chi connectivity index (χ0v) is 11.2. The van der Waals surface area contributed by atoms with E-state index in [0.717, 1.165) is 48.7 Å². The van der Waals surface area contributed by atoms with E-state index in [1.807, 2.05) is 40.9 Å². The van der Waals surface area contributed by atoms with Crippen LogP contribution < -0.4 is 5.73 Å². The third-order valence-corrected chi connectivity index (χ3v) is 4.86. The molecule has 1 saturated heterocycles. The number of nitrogens with zero attached hydrogens (tertiary/aromatic N) is 1. The molecule has 1 aliphatic heterocycles. The normalized spacial score (nSPS) is 21.7. The first-order valence-electron chi connectivity index (χ1n) is 6.45. The standard InChI is InChI=1S/C14H18N2OS/c15-12-3-1-11(2-4-12)14(5-6-14)13(17)16-7-9-18-10-8-16/h1-4H,5-10,15H2. The van der Waals surface area contributed by atoms with Gasteiger partial charge in [0, 0.05) is 30.3 Å². The fraction of sp³-hybridized carbons (Fsp3) is 0.500. The van der Waals surface area contributed by atoms with E-state index in [0.29, 0.717) is 5.91 Å². The van der Waals surface area contributed by atoms with E-state index in [4.69, 9.17) is 5.73 Å². The van der Waals surface area contributed by atoms with Gasteiger partial charge in [-0.3, -0.25) is 4.79 Å². The molecule has 1 amide bonds. The molecule has 1 aromatic rings. The van der Waals surface area contributed by atoms with Gasteiger partial charge in [0.05, 0.1) is 5.41 Å². The van der Waals surface area contributed by atoms with Crippen LogP contribution in [0.15, 0.2) is 24.3 Å². The molecule has 0 unspecified atom stereocenters. The zero-order chi connectivity index (χ0) is 12.6. The maximum absolute atomic E-state index is 12.7. The van der Waals surface area contributed by atoms with Gasteiger partial charge in [0.2, 0.25) is 5.91 Å². The first-order chi connectivity index (χ1) is 8.72. The third-order valence-electron chi connectivity index (χ3n) is 3.92. The minimum Gasteiger partial charge on any atom is -0.399 e. The molecule has 3 nitrogen and oxygen atoms in total. The molecule has 18 heavy (non-hydrogen) atoms. The van der Waals surface area contributed by atoms with Crippen LogP contribution in [0.25, 0.3) is 0 Å². The molecule has 0 atom stereocenters. The number of nitrogen functional groups attached to an aromatic ring is 1. The second-order valence-electron chi connectivity index (χ2n) is 5.11. The summed E-state index contributed by atoms with van der Waals surface area (Å²) in [4.78, 5) is 14.7. The van der Waals surface area contributed by atoms with Crippen molar-refractivity contribution >= 4 is 23.4 Å². The van der Waals surface area contributed by atoms with Crippen molar-refractivity contribution in [3.05, 3.63) is 29.8 Å². The minimum absolute atomic E-state index is 0.226. The van der Waals surface area contributed by atoms with Gasteiger partial charge in [0.25, 0.3) is 0 Å². The second kappa shape index (κ2) is 4.50. The summed E-state index contributed by atoms with van der Waals surface area (Å²) in [5.41, 5.74) is 7.38. The number of thioether (sulfide) groups is 1. The Kier molecular flexibility index (Phi) is 2.98. The predicted octanol–water partition coefficient (Wildman–Crippen LogP) is 1.88. The van der Waals surface area contributed by atoms with Gasteiger partial charge in [0.1, 0.15) is 0 Å². The van der Waals surface area contributed by atoms with Crippen molar-refractivity contribution in [2.75, 3.05) is 30.3 Å². The van der Waals surface area contributed by atoms with Gasteiger partial charge in [-0.15, -0.1) is 0 Å². The van der Waals surface area contributed by atoms with Gasteiger partial charge in [0.15, 0.2) is 0 Å². The lowest BCUT2D eigenvalue weighted by atomic mass is 9.94. The molecule has 1 aromatic carbocycles. The first kappa shape index (κ1) is 11.9. The van der Waals surface area contributed by atoms with E-state index >= 15 is 0 Å². The lowest BCUT2D eigenvalue weighted by Crippen LogP contribution is -2.43. The molecular formula is C14H18N2OS. The summed E-state index contributed by atoms with van der Waals surface area (Å²) >= 11 is 1.93. The van der Waals surface area contributed by atoms with E-state index in [1.165, 1.54) is 0 Å². The summed E-state index contributed by atoms with van der Waals surface area (Å²) in [5, 5.41) is 0. The number of carbonyl (C=O) groups excluding carboxylic acids is 1. The molecule has 4 heteroatoms. The van der Waals surface area contributed by atoms with Crippen LogP contribution >= 0.6 is 11.8 Å². The minimum atomic E-state index is -0.226. The summed E-state index contributed by atoms with van der Waals surface area (Å²) in [7, 11) is 0. The zero-order valence-electron chi connectivity index (χ0n) is 10.4. The van der Waals surface area contributed by atoms with Crippen LogP contribution in [0.5, 0.6) is 0 Å². The van der Waals surface area contributed by atoms with Crippen molar-refractivity contribution in [1.29, 1.82) is 0 Å². The molecule has 1 heterocycles. The van der Waals surface area contributed by atoms with Gasteiger partial charge in [-0.25, -0.2) is 0 Å². The number of rotatable bonds is 2. The Hall–Kier alpha value is -1.16. The Morgan fingerprint density at radius 1 is 1.17 bits per heavy atom. The highest BCUT2D eigenvalue weighted by Crippen LogP contribution is 2.49. The molecule has 0 radical (unpaired) electrons. The van der Waals surface area contributed by atoms with Crippen LogP contribution in [0.1, 0.15) is 18.4 Å². The number of carbonyl (C=O) groups is 1. The average molecular weight is 262 g/mol. The highest BCUT2D eigenvalue weighted by Gasteiger charge is 2.52. The summed E-state index contributed by atoms with van der Waals surface area (Å²) < 4.78 is 0. The van der Waals surface area contributed by atoms with Crippen molar-refractivity contribution in [2.45, 2.75) is 18.3 Å². The smallest absolute Gasteiger partial charge is 0.233 e. The number of nitrogens with two attached hydrogens (primary N) is 1. The lowest BCUT2D eigenvalue weighted by Gasteiger charge is -2.30. The summed E-state index contributed by atoms with van der Waals surface area (Å²) in [6.45, 7) is 1.81.